The van der Waals surface area contributed by atoms with Gasteiger partial charge >= 0.3 is 0 Å². The summed E-state index contributed by atoms with van der Waals surface area (Å²) in [5.41, 5.74) is 7.56. The van der Waals surface area contributed by atoms with Gasteiger partial charge in [0.05, 0.1) is 12.8 Å². The van der Waals surface area contributed by atoms with Gasteiger partial charge in [-0.15, -0.1) is 0 Å². The normalized spacial score (nSPS) is 12.7. The van der Waals surface area contributed by atoms with E-state index in [1.54, 1.807) is 7.11 Å². The van der Waals surface area contributed by atoms with Crippen molar-refractivity contribution in [1.29, 1.82) is 0 Å². The van der Waals surface area contributed by atoms with E-state index in [4.69, 9.17) is 4.74 Å². The summed E-state index contributed by atoms with van der Waals surface area (Å²) in [6.45, 7) is 11.7. The topological polar surface area (TPSA) is 30.3 Å². The van der Waals surface area contributed by atoms with E-state index in [2.05, 4.69) is 63.8 Å². The maximum atomic E-state index is 5.41. The minimum atomic E-state index is 0.325. The molecule has 0 aliphatic heterocycles. The lowest BCUT2D eigenvalue weighted by Crippen LogP contribution is -2.23. The van der Waals surface area contributed by atoms with E-state index in [0.717, 1.165) is 18.0 Å². The first-order chi connectivity index (χ1) is 10.8. The minimum absolute atomic E-state index is 0.325. The van der Waals surface area contributed by atoms with Crippen molar-refractivity contribution in [1.82, 2.24) is 14.7 Å². The van der Waals surface area contributed by atoms with Crippen LogP contribution in [0, 0.1) is 27.7 Å². The second kappa shape index (κ2) is 6.75. The van der Waals surface area contributed by atoms with Crippen molar-refractivity contribution < 1.29 is 4.74 Å². The summed E-state index contributed by atoms with van der Waals surface area (Å²) in [5, 5.41) is 4.55. The molecule has 0 N–H and O–H groups in total. The summed E-state index contributed by atoms with van der Waals surface area (Å²) in [7, 11) is 5.91. The fraction of sp³-hybridized carbons (Fsp3) is 0.526. The molecule has 0 spiro atoms. The van der Waals surface area contributed by atoms with Crippen LogP contribution in [0.15, 0.2) is 12.1 Å². The number of aromatic nitrogens is 2. The minimum Gasteiger partial charge on any atom is -0.496 e. The number of ether oxygens (including phenoxy) is 1. The number of aryl methyl sites for hydroxylation is 2. The molecule has 4 nitrogen and oxygen atoms in total. The predicted molar refractivity (Wildman–Crippen MR) is 95.0 cm³/mol. The lowest BCUT2D eigenvalue weighted by molar-refractivity contribution is 0.251. The highest BCUT2D eigenvalue weighted by molar-refractivity contribution is 5.43. The van der Waals surface area contributed by atoms with Crippen molar-refractivity contribution in [3.8, 4) is 5.75 Å². The van der Waals surface area contributed by atoms with E-state index < -0.39 is 0 Å². The quantitative estimate of drug-likeness (QED) is 0.839. The van der Waals surface area contributed by atoms with Gasteiger partial charge in [0.2, 0.25) is 0 Å². The van der Waals surface area contributed by atoms with Crippen molar-refractivity contribution in [2.24, 2.45) is 7.05 Å². The summed E-state index contributed by atoms with van der Waals surface area (Å²) in [6.07, 6.45) is 0. The van der Waals surface area contributed by atoms with Crippen molar-refractivity contribution in [2.45, 2.75) is 47.2 Å². The molecule has 0 bridgehead atoms. The lowest BCUT2D eigenvalue weighted by Gasteiger charge is -2.26. The van der Waals surface area contributed by atoms with E-state index in [9.17, 15) is 0 Å². The Bertz CT molecular complexity index is 703. The highest BCUT2D eigenvalue weighted by Gasteiger charge is 2.20. The van der Waals surface area contributed by atoms with Crippen LogP contribution in [0.5, 0.6) is 5.75 Å². The Balaban J connectivity index is 2.25. The van der Waals surface area contributed by atoms with Gasteiger partial charge in [0.25, 0.3) is 0 Å². The van der Waals surface area contributed by atoms with Crippen molar-refractivity contribution in [3.05, 3.63) is 45.8 Å². The van der Waals surface area contributed by atoms with Gasteiger partial charge < -0.3 is 4.74 Å². The first-order valence-corrected chi connectivity index (χ1v) is 8.11. The van der Waals surface area contributed by atoms with Crippen molar-refractivity contribution >= 4 is 0 Å². The number of hydrogen-bond donors (Lipinski definition) is 0. The van der Waals surface area contributed by atoms with Crippen LogP contribution >= 0.6 is 0 Å². The standard InChI is InChI=1S/C19H29N3O/c1-12-13(2)18(23-8)10-9-17(12)11-21(6)15(4)19-14(3)20-22(7)16(19)5/h9-10,15H,11H2,1-8H3/t15-/m0/s1. The fourth-order valence-electron chi connectivity index (χ4n) is 3.26. The molecule has 0 unspecified atom stereocenters. The lowest BCUT2D eigenvalue weighted by atomic mass is 10.00. The maximum absolute atomic E-state index is 5.41. The molecule has 0 saturated carbocycles. The Morgan fingerprint density at radius 3 is 2.35 bits per heavy atom. The van der Waals surface area contributed by atoms with E-state index >= 15 is 0 Å². The van der Waals surface area contributed by atoms with Crippen LogP contribution in [0.4, 0.5) is 0 Å². The van der Waals surface area contributed by atoms with Gasteiger partial charge in [-0.25, -0.2) is 0 Å². The van der Waals surface area contributed by atoms with Gasteiger partial charge in [-0.1, -0.05) is 6.07 Å². The molecule has 0 aliphatic rings. The molecule has 0 fully saturated rings. The molecule has 1 atom stereocenters. The van der Waals surface area contributed by atoms with Gasteiger partial charge in [-0.2, -0.15) is 5.10 Å². The number of nitrogens with zero attached hydrogens (tertiary/aromatic N) is 3. The van der Waals surface area contributed by atoms with E-state index in [1.807, 2.05) is 11.7 Å². The van der Waals surface area contributed by atoms with Crippen LogP contribution in [-0.2, 0) is 13.6 Å². The van der Waals surface area contributed by atoms with Crippen LogP contribution in [-0.4, -0.2) is 28.8 Å². The van der Waals surface area contributed by atoms with E-state index in [0.29, 0.717) is 6.04 Å². The number of hydrogen-bond acceptors (Lipinski definition) is 3. The largest absolute Gasteiger partial charge is 0.496 e. The monoisotopic (exact) mass is 315 g/mol. The molecule has 1 aromatic carbocycles. The fourth-order valence-corrected chi connectivity index (χ4v) is 3.26. The summed E-state index contributed by atoms with van der Waals surface area (Å²) < 4.78 is 7.38. The molecule has 0 amide bonds. The molecule has 2 aromatic rings. The zero-order valence-corrected chi connectivity index (χ0v) is 15.7. The predicted octanol–water partition coefficient (Wildman–Crippen LogP) is 3.86. The second-order valence-electron chi connectivity index (χ2n) is 6.48. The zero-order chi connectivity index (χ0) is 17.3. The molecule has 0 saturated heterocycles. The van der Waals surface area contributed by atoms with Gasteiger partial charge in [0, 0.05) is 30.9 Å². The van der Waals surface area contributed by atoms with Gasteiger partial charge in [0.1, 0.15) is 5.75 Å². The molecular formula is C19H29N3O. The van der Waals surface area contributed by atoms with Crippen LogP contribution in [0.25, 0.3) is 0 Å². The third-order valence-electron chi connectivity index (χ3n) is 5.13. The Kier molecular flexibility index (Phi) is 5.15. The Morgan fingerprint density at radius 1 is 1.17 bits per heavy atom. The number of rotatable bonds is 5. The highest BCUT2D eigenvalue weighted by Crippen LogP contribution is 2.29. The first kappa shape index (κ1) is 17.5. The van der Waals surface area contributed by atoms with Crippen LogP contribution in [0.2, 0.25) is 0 Å². The van der Waals surface area contributed by atoms with Crippen molar-refractivity contribution in [3.63, 3.8) is 0 Å². The average molecular weight is 315 g/mol. The molecule has 1 aromatic heterocycles. The van der Waals surface area contributed by atoms with Crippen LogP contribution in [0.3, 0.4) is 0 Å². The number of methoxy groups -OCH3 is 1. The number of benzene rings is 1. The first-order valence-electron chi connectivity index (χ1n) is 8.11. The summed E-state index contributed by atoms with van der Waals surface area (Å²) >= 11 is 0. The SMILES string of the molecule is COc1ccc(CN(C)[C@@H](C)c2c(C)nn(C)c2C)c(C)c1C. The van der Waals surface area contributed by atoms with Crippen LogP contribution in [0.1, 0.15) is 46.6 Å². The average Bonchev–Trinajstić information content (AvgIpc) is 2.76. The van der Waals surface area contributed by atoms with Gasteiger partial charge in [-0.05, 0) is 64.4 Å². The smallest absolute Gasteiger partial charge is 0.122 e. The van der Waals surface area contributed by atoms with Gasteiger partial charge in [-0.3, -0.25) is 9.58 Å². The van der Waals surface area contributed by atoms with Crippen molar-refractivity contribution in [2.75, 3.05) is 14.2 Å². The molecule has 2 rings (SSSR count). The summed E-state index contributed by atoms with van der Waals surface area (Å²) in [6, 6.07) is 4.56. The molecule has 0 radical (unpaired) electrons. The molecule has 23 heavy (non-hydrogen) atoms. The molecule has 0 aliphatic carbocycles. The molecule has 126 valence electrons. The second-order valence-corrected chi connectivity index (χ2v) is 6.48. The van der Waals surface area contributed by atoms with E-state index in [1.165, 1.54) is 27.9 Å². The Labute approximate surface area is 140 Å². The van der Waals surface area contributed by atoms with Crippen LogP contribution < -0.4 is 4.74 Å². The molecule has 4 heteroatoms. The Morgan fingerprint density at radius 2 is 1.83 bits per heavy atom. The van der Waals surface area contributed by atoms with E-state index in [-0.39, 0.29) is 0 Å². The maximum Gasteiger partial charge on any atom is 0.122 e. The molecule has 1 heterocycles. The summed E-state index contributed by atoms with van der Waals surface area (Å²) in [4.78, 5) is 2.38. The third kappa shape index (κ3) is 3.27. The zero-order valence-electron chi connectivity index (χ0n) is 15.7. The molecular weight excluding hydrogens is 286 g/mol. The Hall–Kier alpha value is -1.81. The highest BCUT2D eigenvalue weighted by atomic mass is 16.5. The summed E-state index contributed by atoms with van der Waals surface area (Å²) in [5.74, 6) is 0.959. The third-order valence-corrected chi connectivity index (χ3v) is 5.13. The van der Waals surface area contributed by atoms with Gasteiger partial charge in [0.15, 0.2) is 0 Å².